The number of carbonyl (C=O) groups excluding carboxylic acids is 1. The highest BCUT2D eigenvalue weighted by molar-refractivity contribution is 9.10. The zero-order valence-electron chi connectivity index (χ0n) is 10.4. The van der Waals surface area contributed by atoms with Gasteiger partial charge in [-0.1, -0.05) is 34.1 Å². The number of rotatable bonds is 2. The molecule has 94 valence electrons. The van der Waals surface area contributed by atoms with E-state index in [0.29, 0.717) is 11.3 Å². The molecule has 0 saturated heterocycles. The molecule has 3 heteroatoms. The summed E-state index contributed by atoms with van der Waals surface area (Å²) in [4.78, 5) is 12.5. The Morgan fingerprint density at radius 3 is 2.42 bits per heavy atom. The Morgan fingerprint density at radius 1 is 1.05 bits per heavy atom. The van der Waals surface area contributed by atoms with Gasteiger partial charge in [0.25, 0.3) is 0 Å². The number of hydrogen-bond acceptors (Lipinski definition) is 1. The van der Waals surface area contributed by atoms with E-state index in [1.165, 1.54) is 0 Å². The van der Waals surface area contributed by atoms with Crippen LogP contribution in [-0.4, -0.2) is 10.4 Å². The molecule has 0 saturated carbocycles. The van der Waals surface area contributed by atoms with Gasteiger partial charge in [-0.15, -0.1) is 0 Å². The van der Waals surface area contributed by atoms with Crippen LogP contribution in [0, 0.1) is 0 Å². The van der Waals surface area contributed by atoms with Crippen molar-refractivity contribution in [3.63, 3.8) is 0 Å². The van der Waals surface area contributed by atoms with Crippen molar-refractivity contribution in [2.24, 2.45) is 7.05 Å². The first-order chi connectivity index (χ1) is 9.16. The largest absolute Gasteiger partial charge is 0.341 e. The third-order valence-corrected chi connectivity index (χ3v) is 3.82. The summed E-state index contributed by atoms with van der Waals surface area (Å²) in [5.41, 5.74) is 2.49. The molecule has 0 aliphatic carbocycles. The zero-order valence-corrected chi connectivity index (χ0v) is 12.0. The van der Waals surface area contributed by atoms with Crippen molar-refractivity contribution in [1.82, 2.24) is 4.57 Å². The molecule has 3 rings (SSSR count). The van der Waals surface area contributed by atoms with E-state index in [9.17, 15) is 4.79 Å². The Hall–Kier alpha value is -1.87. The summed E-state index contributed by atoms with van der Waals surface area (Å²) in [6.45, 7) is 0. The van der Waals surface area contributed by atoms with Gasteiger partial charge in [0.05, 0.1) is 5.69 Å². The lowest BCUT2D eigenvalue weighted by Crippen LogP contribution is -2.06. The molecule has 3 aromatic rings. The molecule has 0 unspecified atom stereocenters. The average molecular weight is 314 g/mol. The Bertz CT molecular complexity index is 756. The lowest BCUT2D eigenvalue weighted by Gasteiger charge is -2.03. The molecule has 1 heterocycles. The van der Waals surface area contributed by atoms with E-state index in [0.717, 1.165) is 15.4 Å². The number of halogens is 1. The number of fused-ring (bicyclic) bond motifs is 1. The van der Waals surface area contributed by atoms with Gasteiger partial charge in [-0.05, 0) is 36.4 Å². The minimum absolute atomic E-state index is 0.0474. The number of hydrogen-bond donors (Lipinski definition) is 0. The van der Waals surface area contributed by atoms with Crippen molar-refractivity contribution in [3.05, 3.63) is 70.3 Å². The Labute approximate surface area is 119 Å². The first-order valence-electron chi connectivity index (χ1n) is 6.01. The number of aromatic nitrogens is 1. The second-order valence-corrected chi connectivity index (χ2v) is 5.40. The summed E-state index contributed by atoms with van der Waals surface area (Å²) >= 11 is 3.38. The van der Waals surface area contributed by atoms with Crippen LogP contribution in [-0.2, 0) is 7.05 Å². The van der Waals surface area contributed by atoms with Crippen LogP contribution in [0.3, 0.4) is 0 Å². The first-order valence-corrected chi connectivity index (χ1v) is 6.81. The van der Waals surface area contributed by atoms with Crippen LogP contribution < -0.4 is 0 Å². The molecule has 0 radical (unpaired) electrons. The summed E-state index contributed by atoms with van der Waals surface area (Å²) in [6.07, 6.45) is 0. The summed E-state index contributed by atoms with van der Waals surface area (Å²) < 4.78 is 2.92. The molecule has 0 fully saturated rings. The van der Waals surface area contributed by atoms with Crippen molar-refractivity contribution in [3.8, 4) is 0 Å². The van der Waals surface area contributed by atoms with Gasteiger partial charge in [0.2, 0.25) is 5.78 Å². The Kier molecular flexibility index (Phi) is 2.99. The predicted molar refractivity (Wildman–Crippen MR) is 80.5 cm³/mol. The number of para-hydroxylation sites is 1. The minimum Gasteiger partial charge on any atom is -0.341 e. The third kappa shape index (κ3) is 2.10. The van der Waals surface area contributed by atoms with E-state index in [4.69, 9.17) is 0 Å². The van der Waals surface area contributed by atoms with Crippen LogP contribution in [0.2, 0.25) is 0 Å². The molecule has 2 aromatic carbocycles. The third-order valence-electron chi connectivity index (χ3n) is 3.29. The van der Waals surface area contributed by atoms with Crippen molar-refractivity contribution in [2.45, 2.75) is 0 Å². The van der Waals surface area contributed by atoms with Gasteiger partial charge < -0.3 is 4.57 Å². The van der Waals surface area contributed by atoms with Crippen molar-refractivity contribution in [2.75, 3.05) is 0 Å². The minimum atomic E-state index is 0.0474. The Morgan fingerprint density at radius 2 is 1.74 bits per heavy atom. The fourth-order valence-electron chi connectivity index (χ4n) is 2.26. The lowest BCUT2D eigenvalue weighted by molar-refractivity contribution is 0.103. The van der Waals surface area contributed by atoms with Crippen LogP contribution >= 0.6 is 15.9 Å². The highest BCUT2D eigenvalue weighted by atomic mass is 79.9. The summed E-state index contributed by atoms with van der Waals surface area (Å²) in [5.74, 6) is 0.0474. The fourth-order valence-corrected chi connectivity index (χ4v) is 2.52. The highest BCUT2D eigenvalue weighted by Crippen LogP contribution is 2.21. The molecule has 0 spiro atoms. The lowest BCUT2D eigenvalue weighted by atomic mass is 10.1. The Balaban J connectivity index is 2.11. The molecule has 0 bridgehead atoms. The number of nitrogens with zero attached hydrogens (tertiary/aromatic N) is 1. The van der Waals surface area contributed by atoms with Crippen LogP contribution in [0.15, 0.2) is 59.1 Å². The molecule has 0 atom stereocenters. The fraction of sp³-hybridized carbons (Fsp3) is 0.0625. The maximum atomic E-state index is 12.5. The second-order valence-electron chi connectivity index (χ2n) is 4.48. The maximum Gasteiger partial charge on any atom is 0.209 e. The highest BCUT2D eigenvalue weighted by Gasteiger charge is 2.14. The van der Waals surface area contributed by atoms with E-state index in [1.807, 2.05) is 66.2 Å². The molecule has 19 heavy (non-hydrogen) atoms. The number of carbonyl (C=O) groups is 1. The van der Waals surface area contributed by atoms with Gasteiger partial charge in [0, 0.05) is 28.0 Å². The molecule has 0 N–H and O–H groups in total. The van der Waals surface area contributed by atoms with Gasteiger partial charge in [0.15, 0.2) is 0 Å². The van der Waals surface area contributed by atoms with E-state index in [-0.39, 0.29) is 5.78 Å². The van der Waals surface area contributed by atoms with Gasteiger partial charge in [-0.25, -0.2) is 0 Å². The van der Waals surface area contributed by atoms with Crippen LogP contribution in [0.5, 0.6) is 0 Å². The van der Waals surface area contributed by atoms with Crippen LogP contribution in [0.4, 0.5) is 0 Å². The zero-order chi connectivity index (χ0) is 13.4. The van der Waals surface area contributed by atoms with Crippen LogP contribution in [0.25, 0.3) is 10.9 Å². The second kappa shape index (κ2) is 4.67. The molecule has 2 nitrogen and oxygen atoms in total. The number of benzene rings is 2. The molecule has 1 aromatic heterocycles. The first kappa shape index (κ1) is 12.2. The molecular weight excluding hydrogens is 302 g/mol. The molecule has 0 aliphatic rings. The quantitative estimate of drug-likeness (QED) is 0.651. The standard InChI is InChI=1S/C16H12BrNO/c1-18-14-5-3-2-4-12(14)10-15(18)16(19)11-6-8-13(17)9-7-11/h2-10H,1H3. The van der Waals surface area contributed by atoms with Crippen molar-refractivity contribution in [1.29, 1.82) is 0 Å². The normalized spacial score (nSPS) is 10.8. The summed E-state index contributed by atoms with van der Waals surface area (Å²) in [7, 11) is 1.93. The van der Waals surface area contributed by atoms with Gasteiger partial charge in [-0.3, -0.25) is 4.79 Å². The van der Waals surface area contributed by atoms with E-state index < -0.39 is 0 Å². The smallest absolute Gasteiger partial charge is 0.209 e. The molecule has 0 aliphatic heterocycles. The van der Waals surface area contributed by atoms with Gasteiger partial charge in [0.1, 0.15) is 0 Å². The van der Waals surface area contributed by atoms with Gasteiger partial charge >= 0.3 is 0 Å². The number of aryl methyl sites for hydroxylation is 1. The SMILES string of the molecule is Cn1c(C(=O)c2ccc(Br)cc2)cc2ccccc21. The van der Waals surface area contributed by atoms with E-state index in [2.05, 4.69) is 15.9 Å². The summed E-state index contributed by atoms with van der Waals surface area (Å²) in [6, 6.07) is 17.4. The molecule has 0 amide bonds. The number of ketones is 1. The predicted octanol–water partition coefficient (Wildman–Crippen LogP) is 4.17. The molecular formula is C16H12BrNO. The topological polar surface area (TPSA) is 22.0 Å². The monoisotopic (exact) mass is 313 g/mol. The van der Waals surface area contributed by atoms with E-state index in [1.54, 1.807) is 0 Å². The average Bonchev–Trinajstić information content (AvgIpc) is 2.77. The maximum absolute atomic E-state index is 12.5. The van der Waals surface area contributed by atoms with Crippen molar-refractivity contribution < 1.29 is 4.79 Å². The summed E-state index contributed by atoms with van der Waals surface area (Å²) in [5, 5.41) is 1.09. The van der Waals surface area contributed by atoms with Crippen molar-refractivity contribution >= 4 is 32.6 Å². The van der Waals surface area contributed by atoms with Crippen LogP contribution in [0.1, 0.15) is 16.1 Å². The van der Waals surface area contributed by atoms with E-state index >= 15 is 0 Å². The van der Waals surface area contributed by atoms with Gasteiger partial charge in [-0.2, -0.15) is 0 Å².